The van der Waals surface area contributed by atoms with Crippen molar-refractivity contribution in [3.8, 4) is 0 Å². The van der Waals surface area contributed by atoms with Gasteiger partial charge in [-0.1, -0.05) is 19.1 Å². The molecule has 1 heterocycles. The van der Waals surface area contributed by atoms with Crippen molar-refractivity contribution < 1.29 is 0 Å². The standard InChI is InChI=1S/C14H17BrN4S/c1-3-8-16-13-12(15)14(18-9-17-13)19-10-6-4-5-7-11(10)20-2/h4-7,9H,3,8H2,1-2H3,(H2,16,17,18,19). The van der Waals surface area contributed by atoms with E-state index in [1.54, 1.807) is 18.1 Å². The van der Waals surface area contributed by atoms with Crippen LogP contribution in [0.2, 0.25) is 0 Å². The zero-order valence-corrected chi connectivity index (χ0v) is 13.9. The van der Waals surface area contributed by atoms with Crippen LogP contribution in [0.1, 0.15) is 13.3 Å². The molecule has 2 N–H and O–H groups in total. The SMILES string of the molecule is CCCNc1ncnc(Nc2ccccc2SC)c1Br. The Bertz CT molecular complexity index is 577. The number of halogens is 1. The summed E-state index contributed by atoms with van der Waals surface area (Å²) in [7, 11) is 0. The Kier molecular flexibility index (Phi) is 5.67. The third kappa shape index (κ3) is 3.64. The molecule has 4 nitrogen and oxygen atoms in total. The molecule has 0 saturated carbocycles. The monoisotopic (exact) mass is 352 g/mol. The average Bonchev–Trinajstić information content (AvgIpc) is 2.48. The number of thioether (sulfide) groups is 1. The first-order valence-electron chi connectivity index (χ1n) is 6.40. The van der Waals surface area contributed by atoms with Crippen LogP contribution in [0.5, 0.6) is 0 Å². The minimum absolute atomic E-state index is 0.764. The van der Waals surface area contributed by atoms with E-state index >= 15 is 0 Å². The van der Waals surface area contributed by atoms with Crippen LogP contribution in [0, 0.1) is 0 Å². The minimum Gasteiger partial charge on any atom is -0.369 e. The highest BCUT2D eigenvalue weighted by Crippen LogP contribution is 2.32. The molecule has 106 valence electrons. The lowest BCUT2D eigenvalue weighted by Crippen LogP contribution is -2.05. The molecule has 1 aromatic heterocycles. The van der Waals surface area contributed by atoms with Gasteiger partial charge in [-0.2, -0.15) is 0 Å². The number of anilines is 3. The molecular formula is C14H17BrN4S. The van der Waals surface area contributed by atoms with E-state index < -0.39 is 0 Å². The van der Waals surface area contributed by atoms with Crippen molar-refractivity contribution in [3.63, 3.8) is 0 Å². The maximum Gasteiger partial charge on any atom is 0.150 e. The predicted octanol–water partition coefficient (Wildman–Crippen LogP) is 4.53. The quantitative estimate of drug-likeness (QED) is 0.748. The summed E-state index contributed by atoms with van der Waals surface area (Å²) in [5.41, 5.74) is 1.04. The Balaban J connectivity index is 2.25. The smallest absolute Gasteiger partial charge is 0.150 e. The Morgan fingerprint density at radius 3 is 2.70 bits per heavy atom. The predicted molar refractivity (Wildman–Crippen MR) is 90.0 cm³/mol. The molecule has 0 saturated heterocycles. The van der Waals surface area contributed by atoms with Gasteiger partial charge in [-0.05, 0) is 40.7 Å². The molecule has 1 aromatic carbocycles. The molecule has 0 aliphatic carbocycles. The van der Waals surface area contributed by atoms with Crippen molar-refractivity contribution in [3.05, 3.63) is 35.1 Å². The highest BCUT2D eigenvalue weighted by molar-refractivity contribution is 9.10. The molecule has 0 aliphatic rings. The Labute approximate surface area is 131 Å². The Morgan fingerprint density at radius 1 is 1.20 bits per heavy atom. The molecule has 20 heavy (non-hydrogen) atoms. The van der Waals surface area contributed by atoms with Gasteiger partial charge >= 0.3 is 0 Å². The van der Waals surface area contributed by atoms with Crippen molar-refractivity contribution >= 4 is 45.0 Å². The molecule has 0 fully saturated rings. The first kappa shape index (κ1) is 15.1. The first-order valence-corrected chi connectivity index (χ1v) is 8.42. The lowest BCUT2D eigenvalue weighted by Gasteiger charge is -2.13. The summed E-state index contributed by atoms with van der Waals surface area (Å²) in [6, 6.07) is 8.16. The second-order valence-electron chi connectivity index (χ2n) is 4.14. The van der Waals surface area contributed by atoms with Crippen LogP contribution in [0.15, 0.2) is 40.0 Å². The van der Waals surface area contributed by atoms with Crippen molar-refractivity contribution in [1.82, 2.24) is 9.97 Å². The lowest BCUT2D eigenvalue weighted by molar-refractivity contribution is 0.962. The van der Waals surface area contributed by atoms with Gasteiger partial charge in [0.2, 0.25) is 0 Å². The molecule has 0 amide bonds. The number of aromatic nitrogens is 2. The van der Waals surface area contributed by atoms with Gasteiger partial charge < -0.3 is 10.6 Å². The fourth-order valence-electron chi connectivity index (χ4n) is 1.70. The van der Waals surface area contributed by atoms with E-state index in [0.717, 1.165) is 34.8 Å². The van der Waals surface area contributed by atoms with E-state index in [1.165, 1.54) is 4.90 Å². The van der Waals surface area contributed by atoms with E-state index in [2.05, 4.69) is 55.8 Å². The first-order chi connectivity index (χ1) is 9.76. The number of hydrogen-bond acceptors (Lipinski definition) is 5. The summed E-state index contributed by atoms with van der Waals surface area (Å²) in [5.74, 6) is 1.58. The van der Waals surface area contributed by atoms with E-state index in [4.69, 9.17) is 0 Å². The van der Waals surface area contributed by atoms with Crippen LogP contribution in [0.25, 0.3) is 0 Å². The molecule has 0 radical (unpaired) electrons. The molecule has 0 unspecified atom stereocenters. The molecule has 0 spiro atoms. The molecule has 0 aliphatic heterocycles. The Hall–Kier alpha value is -1.27. The Morgan fingerprint density at radius 2 is 1.95 bits per heavy atom. The zero-order chi connectivity index (χ0) is 14.4. The second-order valence-corrected chi connectivity index (χ2v) is 5.78. The highest BCUT2D eigenvalue weighted by Gasteiger charge is 2.09. The van der Waals surface area contributed by atoms with Gasteiger partial charge in [0.15, 0.2) is 0 Å². The van der Waals surface area contributed by atoms with Crippen LogP contribution in [-0.4, -0.2) is 22.8 Å². The third-order valence-electron chi connectivity index (χ3n) is 2.69. The summed E-state index contributed by atoms with van der Waals surface area (Å²) in [4.78, 5) is 9.73. The maximum atomic E-state index is 4.30. The summed E-state index contributed by atoms with van der Waals surface area (Å²) < 4.78 is 0.851. The highest BCUT2D eigenvalue weighted by atomic mass is 79.9. The zero-order valence-electron chi connectivity index (χ0n) is 11.5. The molecule has 0 atom stereocenters. The van der Waals surface area contributed by atoms with E-state index in [9.17, 15) is 0 Å². The van der Waals surface area contributed by atoms with Gasteiger partial charge in [-0.25, -0.2) is 9.97 Å². The van der Waals surface area contributed by atoms with E-state index in [0.29, 0.717) is 0 Å². The second kappa shape index (κ2) is 7.50. The topological polar surface area (TPSA) is 49.8 Å². The number of nitrogens with one attached hydrogen (secondary N) is 2. The van der Waals surface area contributed by atoms with Gasteiger partial charge in [0.05, 0.1) is 5.69 Å². The van der Waals surface area contributed by atoms with Crippen LogP contribution in [0.3, 0.4) is 0 Å². The lowest BCUT2D eigenvalue weighted by atomic mass is 10.3. The molecule has 2 rings (SSSR count). The van der Waals surface area contributed by atoms with Gasteiger partial charge in [0, 0.05) is 11.4 Å². The van der Waals surface area contributed by atoms with E-state index in [-0.39, 0.29) is 0 Å². The summed E-state index contributed by atoms with van der Waals surface area (Å²) in [6.07, 6.45) is 4.67. The average molecular weight is 353 g/mol. The molecule has 6 heteroatoms. The van der Waals surface area contributed by atoms with Crippen LogP contribution < -0.4 is 10.6 Å². The summed E-state index contributed by atoms with van der Waals surface area (Å²) >= 11 is 5.26. The number of hydrogen-bond donors (Lipinski definition) is 2. The molecule has 0 bridgehead atoms. The van der Waals surface area contributed by atoms with Gasteiger partial charge in [0.1, 0.15) is 22.4 Å². The molecule has 2 aromatic rings. The summed E-state index contributed by atoms with van der Waals surface area (Å²) in [5, 5.41) is 6.62. The third-order valence-corrected chi connectivity index (χ3v) is 4.24. The fraction of sp³-hybridized carbons (Fsp3) is 0.286. The number of rotatable bonds is 6. The van der Waals surface area contributed by atoms with Gasteiger partial charge in [-0.3, -0.25) is 0 Å². The van der Waals surface area contributed by atoms with Gasteiger partial charge in [-0.15, -0.1) is 11.8 Å². The largest absolute Gasteiger partial charge is 0.369 e. The van der Waals surface area contributed by atoms with Crippen LogP contribution in [0.4, 0.5) is 17.3 Å². The number of benzene rings is 1. The normalized spacial score (nSPS) is 10.3. The van der Waals surface area contributed by atoms with E-state index in [1.807, 2.05) is 18.2 Å². The van der Waals surface area contributed by atoms with Crippen molar-refractivity contribution in [2.24, 2.45) is 0 Å². The van der Waals surface area contributed by atoms with Crippen LogP contribution in [-0.2, 0) is 0 Å². The number of nitrogens with zero attached hydrogens (tertiary/aromatic N) is 2. The van der Waals surface area contributed by atoms with Crippen molar-refractivity contribution in [2.75, 3.05) is 23.4 Å². The maximum absolute atomic E-state index is 4.30. The fourth-order valence-corrected chi connectivity index (χ4v) is 2.70. The van der Waals surface area contributed by atoms with Crippen molar-refractivity contribution in [2.45, 2.75) is 18.2 Å². The van der Waals surface area contributed by atoms with Crippen molar-refractivity contribution in [1.29, 1.82) is 0 Å². The summed E-state index contributed by atoms with van der Waals surface area (Å²) in [6.45, 7) is 3.01. The van der Waals surface area contributed by atoms with Gasteiger partial charge in [0.25, 0.3) is 0 Å². The number of para-hydroxylation sites is 1. The minimum atomic E-state index is 0.764. The molecular weight excluding hydrogens is 336 g/mol. The van der Waals surface area contributed by atoms with Crippen LogP contribution >= 0.6 is 27.7 Å².